The lowest BCUT2D eigenvalue weighted by molar-refractivity contribution is 0.00578. The summed E-state index contributed by atoms with van der Waals surface area (Å²) in [5.74, 6) is 1.51. The van der Waals surface area contributed by atoms with Crippen LogP contribution in [-0.2, 0) is 18.6 Å². The van der Waals surface area contributed by atoms with Crippen LogP contribution >= 0.6 is 0 Å². The van der Waals surface area contributed by atoms with Crippen molar-refractivity contribution in [3.63, 3.8) is 0 Å². The van der Waals surface area contributed by atoms with Crippen molar-refractivity contribution in [2.75, 3.05) is 4.90 Å². The molecule has 0 amide bonds. The number of para-hydroxylation sites is 1. The van der Waals surface area contributed by atoms with E-state index in [1.807, 2.05) is 30.3 Å². The zero-order chi connectivity index (χ0) is 31.1. The Morgan fingerprint density at radius 2 is 0.909 bits per heavy atom. The average molecular weight is 587 g/mol. The molecule has 3 aliphatic heterocycles. The van der Waals surface area contributed by atoms with Crippen LogP contribution in [0.15, 0.2) is 91.0 Å². The Morgan fingerprint density at radius 1 is 0.477 bits per heavy atom. The molecule has 224 valence electrons. The van der Waals surface area contributed by atoms with Gasteiger partial charge < -0.3 is 28.3 Å². The highest BCUT2D eigenvalue weighted by atomic mass is 16.7. The molecule has 2 saturated heterocycles. The quantitative estimate of drug-likeness (QED) is 0.203. The van der Waals surface area contributed by atoms with Crippen molar-refractivity contribution in [3.05, 3.63) is 91.0 Å². The van der Waals surface area contributed by atoms with Crippen molar-refractivity contribution in [1.29, 1.82) is 0 Å². The van der Waals surface area contributed by atoms with Crippen molar-refractivity contribution in [1.82, 2.24) is 0 Å². The fraction of sp³-hybridized carbons (Fsp3) is 0.333. The summed E-state index contributed by atoms with van der Waals surface area (Å²) in [7, 11) is -1.01. The summed E-state index contributed by atoms with van der Waals surface area (Å²) in [6, 6.07) is 31.3. The monoisotopic (exact) mass is 587 g/mol. The second kappa shape index (κ2) is 9.98. The van der Waals surface area contributed by atoms with E-state index >= 15 is 0 Å². The lowest BCUT2D eigenvalue weighted by Crippen LogP contribution is -2.41. The van der Waals surface area contributed by atoms with Crippen LogP contribution in [0.5, 0.6) is 11.5 Å². The first kappa shape index (κ1) is 29.2. The summed E-state index contributed by atoms with van der Waals surface area (Å²) < 4.78 is 32.4. The van der Waals surface area contributed by atoms with E-state index < -0.39 is 36.6 Å². The smallest absolute Gasteiger partial charge is 0.453 e. The maximum absolute atomic E-state index is 6.57. The van der Waals surface area contributed by atoms with E-state index in [4.69, 9.17) is 23.4 Å². The first-order valence-electron chi connectivity index (χ1n) is 15.4. The number of fused-ring (bicyclic) bond motifs is 2. The Labute approximate surface area is 261 Å². The molecule has 0 N–H and O–H groups in total. The molecule has 44 heavy (non-hydrogen) atoms. The maximum atomic E-state index is 6.57. The Kier molecular flexibility index (Phi) is 6.62. The van der Waals surface area contributed by atoms with Gasteiger partial charge in [0.2, 0.25) is 0 Å². The van der Waals surface area contributed by atoms with Crippen LogP contribution in [0.25, 0.3) is 11.1 Å². The van der Waals surface area contributed by atoms with Gasteiger partial charge in [0.1, 0.15) is 0 Å². The molecule has 8 heteroatoms. The van der Waals surface area contributed by atoms with Gasteiger partial charge in [-0.2, -0.15) is 0 Å². The van der Waals surface area contributed by atoms with Gasteiger partial charge in [0, 0.05) is 5.56 Å². The van der Waals surface area contributed by atoms with E-state index in [1.54, 1.807) is 0 Å². The number of hydrogen-bond donors (Lipinski definition) is 0. The van der Waals surface area contributed by atoms with Crippen molar-refractivity contribution < 1.29 is 23.4 Å². The lowest BCUT2D eigenvalue weighted by Gasteiger charge is -2.35. The zero-order valence-corrected chi connectivity index (χ0v) is 26.8. The van der Waals surface area contributed by atoms with Crippen LogP contribution in [0, 0.1) is 0 Å². The van der Waals surface area contributed by atoms with E-state index in [1.165, 1.54) is 0 Å². The summed E-state index contributed by atoms with van der Waals surface area (Å²) in [6.07, 6.45) is 0. The van der Waals surface area contributed by atoms with Gasteiger partial charge in [0.25, 0.3) is 0 Å². The summed E-state index contributed by atoms with van der Waals surface area (Å²) in [5.41, 5.74) is 5.12. The number of anilines is 3. The number of nitrogens with zero attached hydrogens (tertiary/aromatic N) is 1. The zero-order valence-electron chi connectivity index (χ0n) is 26.8. The van der Waals surface area contributed by atoms with Crippen molar-refractivity contribution in [2.45, 2.75) is 77.8 Å². The molecule has 4 aromatic rings. The van der Waals surface area contributed by atoms with Gasteiger partial charge in [0.05, 0.1) is 39.5 Å². The van der Waals surface area contributed by atoms with E-state index in [2.05, 4.69) is 121 Å². The van der Waals surface area contributed by atoms with E-state index in [9.17, 15) is 0 Å². The van der Waals surface area contributed by atoms with Crippen molar-refractivity contribution in [2.24, 2.45) is 0 Å². The first-order valence-corrected chi connectivity index (χ1v) is 15.4. The number of ether oxygens (including phenoxy) is 1. The van der Waals surface area contributed by atoms with Crippen LogP contribution in [0.1, 0.15) is 55.4 Å². The van der Waals surface area contributed by atoms with Crippen molar-refractivity contribution >= 4 is 42.2 Å². The number of rotatable bonds is 4. The Balaban J connectivity index is 1.39. The molecular formula is C36H39B2NO5. The van der Waals surface area contributed by atoms with E-state index in [0.29, 0.717) is 0 Å². The molecule has 0 radical (unpaired) electrons. The third-order valence-corrected chi connectivity index (χ3v) is 9.95. The molecule has 0 saturated carbocycles. The molecule has 4 aromatic carbocycles. The highest BCUT2D eigenvalue weighted by molar-refractivity contribution is 6.62. The minimum absolute atomic E-state index is 0.450. The van der Waals surface area contributed by atoms with Gasteiger partial charge >= 0.3 is 14.2 Å². The Morgan fingerprint density at radius 3 is 1.39 bits per heavy atom. The van der Waals surface area contributed by atoms with E-state index in [-0.39, 0.29) is 0 Å². The SMILES string of the molecule is CC1(C)OB(c2ccc3c(c2)N(c2ccccc2-c2ccccc2)c2cc(B4OC(C)(C)C(C)(C)O4)ccc2O3)OC1(C)C. The molecule has 0 aliphatic carbocycles. The normalized spacial score (nSPS) is 20.7. The van der Waals surface area contributed by atoms with Crippen LogP contribution in [-0.4, -0.2) is 36.6 Å². The number of benzene rings is 4. The predicted octanol–water partition coefficient (Wildman–Crippen LogP) is 7.53. The summed E-state index contributed by atoms with van der Waals surface area (Å²) in [6.45, 7) is 16.6. The molecule has 6 nitrogen and oxygen atoms in total. The van der Waals surface area contributed by atoms with Gasteiger partial charge in [-0.25, -0.2) is 0 Å². The lowest BCUT2D eigenvalue weighted by atomic mass is 9.78. The minimum Gasteiger partial charge on any atom is -0.453 e. The molecule has 0 unspecified atom stereocenters. The van der Waals surface area contributed by atoms with Gasteiger partial charge in [-0.1, -0.05) is 60.7 Å². The fourth-order valence-corrected chi connectivity index (χ4v) is 5.88. The summed E-state index contributed by atoms with van der Waals surface area (Å²) >= 11 is 0. The van der Waals surface area contributed by atoms with Gasteiger partial charge in [-0.15, -0.1) is 0 Å². The molecule has 2 fully saturated rings. The van der Waals surface area contributed by atoms with Crippen LogP contribution in [0.3, 0.4) is 0 Å². The minimum atomic E-state index is -0.506. The second-order valence-electron chi connectivity index (χ2n) is 14.0. The fourth-order valence-electron chi connectivity index (χ4n) is 5.88. The third-order valence-electron chi connectivity index (χ3n) is 9.95. The Hall–Kier alpha value is -3.55. The molecule has 0 bridgehead atoms. The topological polar surface area (TPSA) is 49.4 Å². The largest absolute Gasteiger partial charge is 0.494 e. The highest BCUT2D eigenvalue weighted by Gasteiger charge is 2.53. The molecule has 0 spiro atoms. The molecule has 3 aliphatic rings. The standard InChI is InChI=1S/C36H39B2NO5/c1-33(2)34(3,4)42-37(41-33)25-18-20-31-29(22-25)39(28-17-13-12-16-27(28)24-14-10-9-11-15-24)30-23-26(19-21-32(30)40-31)38-43-35(5,6)36(7,8)44-38/h9-23H,1-8H3. The van der Waals surface area contributed by atoms with Crippen LogP contribution in [0.2, 0.25) is 0 Å². The molecular weight excluding hydrogens is 548 g/mol. The van der Waals surface area contributed by atoms with Crippen molar-refractivity contribution in [3.8, 4) is 22.6 Å². The van der Waals surface area contributed by atoms with E-state index in [0.717, 1.165) is 50.6 Å². The Bertz CT molecular complexity index is 1620. The summed E-state index contributed by atoms with van der Waals surface area (Å²) in [5, 5.41) is 0. The molecule has 7 rings (SSSR count). The summed E-state index contributed by atoms with van der Waals surface area (Å²) in [4.78, 5) is 2.28. The highest BCUT2D eigenvalue weighted by Crippen LogP contribution is 2.52. The predicted molar refractivity (Wildman–Crippen MR) is 178 cm³/mol. The van der Waals surface area contributed by atoms with Gasteiger partial charge in [0.15, 0.2) is 11.5 Å². The first-order chi connectivity index (χ1) is 20.8. The molecule has 3 heterocycles. The van der Waals surface area contributed by atoms with Gasteiger partial charge in [-0.3, -0.25) is 0 Å². The third kappa shape index (κ3) is 4.67. The van der Waals surface area contributed by atoms with Crippen LogP contribution < -0.4 is 20.6 Å². The molecule has 0 aromatic heterocycles. The molecule has 0 atom stereocenters. The van der Waals surface area contributed by atoms with Gasteiger partial charge in [-0.05, 0) is 102 Å². The second-order valence-corrected chi connectivity index (χ2v) is 14.0. The van der Waals surface area contributed by atoms with Crippen LogP contribution in [0.4, 0.5) is 17.1 Å². The average Bonchev–Trinajstić information content (AvgIpc) is 3.35. The number of hydrogen-bond acceptors (Lipinski definition) is 6. The maximum Gasteiger partial charge on any atom is 0.494 e.